The van der Waals surface area contributed by atoms with Crippen LogP contribution in [0.1, 0.15) is 52.9 Å². The Morgan fingerprint density at radius 3 is 2.14 bits per heavy atom. The Balaban J connectivity index is 1.47. The maximum absolute atomic E-state index is 12.6. The van der Waals surface area contributed by atoms with E-state index in [0.717, 1.165) is 18.8 Å². The molecule has 1 aromatic rings. The molecule has 2 amide bonds. The summed E-state index contributed by atoms with van der Waals surface area (Å²) in [6.07, 6.45) is 4.85. The average molecular weight is 388 g/mol. The predicted octanol–water partition coefficient (Wildman–Crippen LogP) is 4.26. The standard InChI is InChI=1S/C22H33N3O3/c1-22(2,3)28-21(27)25-15-11-17(12-16-25)20(26)23-18-7-9-19(10-8-18)24-13-5-4-6-14-24/h7-10,17H,4-6,11-16H2,1-3H3,(H,23,26). The van der Waals surface area contributed by atoms with Crippen LogP contribution in [-0.2, 0) is 9.53 Å². The van der Waals surface area contributed by atoms with E-state index in [1.165, 1.54) is 24.9 Å². The van der Waals surface area contributed by atoms with Gasteiger partial charge in [0, 0.05) is 43.5 Å². The fourth-order valence-corrected chi connectivity index (χ4v) is 3.80. The van der Waals surface area contributed by atoms with Crippen LogP contribution in [0.25, 0.3) is 0 Å². The second-order valence-electron chi connectivity index (χ2n) is 8.83. The Kier molecular flexibility index (Phi) is 6.47. The van der Waals surface area contributed by atoms with E-state index in [9.17, 15) is 9.59 Å². The fourth-order valence-electron chi connectivity index (χ4n) is 3.80. The number of carbonyl (C=O) groups excluding carboxylic acids is 2. The van der Waals surface area contributed by atoms with Crippen molar-refractivity contribution in [2.75, 3.05) is 36.4 Å². The summed E-state index contributed by atoms with van der Waals surface area (Å²) in [6.45, 7) is 8.93. The van der Waals surface area contributed by atoms with Gasteiger partial charge in [-0.2, -0.15) is 0 Å². The minimum absolute atomic E-state index is 0.0366. The van der Waals surface area contributed by atoms with Crippen LogP contribution in [0.3, 0.4) is 0 Å². The molecule has 154 valence electrons. The van der Waals surface area contributed by atoms with Crippen molar-refractivity contribution in [1.29, 1.82) is 0 Å². The molecule has 3 rings (SSSR count). The summed E-state index contributed by atoms with van der Waals surface area (Å²) in [4.78, 5) is 28.8. The molecule has 1 N–H and O–H groups in total. The van der Waals surface area contributed by atoms with Crippen molar-refractivity contribution in [2.45, 2.75) is 58.5 Å². The topological polar surface area (TPSA) is 61.9 Å². The number of nitrogens with zero attached hydrogens (tertiary/aromatic N) is 2. The van der Waals surface area contributed by atoms with E-state index in [4.69, 9.17) is 4.74 Å². The quantitative estimate of drug-likeness (QED) is 0.842. The summed E-state index contributed by atoms with van der Waals surface area (Å²) in [6, 6.07) is 8.15. The van der Waals surface area contributed by atoms with Crippen LogP contribution in [0.4, 0.5) is 16.2 Å². The molecule has 0 aliphatic carbocycles. The molecule has 0 atom stereocenters. The van der Waals surface area contributed by atoms with Crippen molar-refractivity contribution in [3.8, 4) is 0 Å². The number of ether oxygens (including phenoxy) is 1. The number of benzene rings is 1. The summed E-state index contributed by atoms with van der Waals surface area (Å²) >= 11 is 0. The van der Waals surface area contributed by atoms with Gasteiger partial charge in [0.2, 0.25) is 5.91 Å². The van der Waals surface area contributed by atoms with Crippen LogP contribution in [0.2, 0.25) is 0 Å². The van der Waals surface area contributed by atoms with Crippen LogP contribution in [0.15, 0.2) is 24.3 Å². The van der Waals surface area contributed by atoms with Crippen molar-refractivity contribution in [1.82, 2.24) is 4.90 Å². The van der Waals surface area contributed by atoms with E-state index in [0.29, 0.717) is 25.9 Å². The van der Waals surface area contributed by atoms with Crippen LogP contribution in [0.5, 0.6) is 0 Å². The van der Waals surface area contributed by atoms with Crippen molar-refractivity contribution < 1.29 is 14.3 Å². The summed E-state index contributed by atoms with van der Waals surface area (Å²) in [7, 11) is 0. The molecule has 2 aliphatic heterocycles. The van der Waals surface area contributed by atoms with E-state index in [1.54, 1.807) is 4.90 Å². The monoisotopic (exact) mass is 387 g/mol. The largest absolute Gasteiger partial charge is 0.444 e. The normalized spacial score (nSPS) is 18.7. The van der Waals surface area contributed by atoms with E-state index < -0.39 is 5.60 Å². The van der Waals surface area contributed by atoms with Gasteiger partial charge in [-0.25, -0.2) is 4.79 Å². The van der Waals surface area contributed by atoms with Crippen molar-refractivity contribution in [3.05, 3.63) is 24.3 Å². The lowest BCUT2D eigenvalue weighted by Gasteiger charge is -2.33. The third-order valence-electron chi connectivity index (χ3n) is 5.37. The van der Waals surface area contributed by atoms with Crippen LogP contribution in [-0.4, -0.2) is 48.7 Å². The number of carbonyl (C=O) groups is 2. The lowest BCUT2D eigenvalue weighted by molar-refractivity contribution is -0.121. The summed E-state index contributed by atoms with van der Waals surface area (Å²) in [5.41, 5.74) is 1.56. The van der Waals surface area contributed by atoms with Gasteiger partial charge in [0.1, 0.15) is 5.60 Å². The van der Waals surface area contributed by atoms with Crippen LogP contribution >= 0.6 is 0 Å². The van der Waals surface area contributed by atoms with Crippen molar-refractivity contribution >= 4 is 23.4 Å². The first-order valence-electron chi connectivity index (χ1n) is 10.5. The molecule has 1 aromatic carbocycles. The molecule has 0 unspecified atom stereocenters. The molecular weight excluding hydrogens is 354 g/mol. The highest BCUT2D eigenvalue weighted by Crippen LogP contribution is 2.24. The predicted molar refractivity (Wildman–Crippen MR) is 112 cm³/mol. The minimum atomic E-state index is -0.494. The van der Waals surface area contributed by atoms with E-state index in [-0.39, 0.29) is 17.9 Å². The molecule has 28 heavy (non-hydrogen) atoms. The number of likely N-dealkylation sites (tertiary alicyclic amines) is 1. The molecule has 0 saturated carbocycles. The molecule has 2 heterocycles. The smallest absolute Gasteiger partial charge is 0.410 e. The Morgan fingerprint density at radius 1 is 0.964 bits per heavy atom. The molecule has 6 nitrogen and oxygen atoms in total. The molecule has 2 saturated heterocycles. The Bertz CT molecular complexity index is 667. The minimum Gasteiger partial charge on any atom is -0.444 e. The number of piperidine rings is 2. The molecule has 2 fully saturated rings. The van der Waals surface area contributed by atoms with Gasteiger partial charge < -0.3 is 19.9 Å². The van der Waals surface area contributed by atoms with Gasteiger partial charge in [0.15, 0.2) is 0 Å². The summed E-state index contributed by atoms with van der Waals surface area (Å²) in [5, 5.41) is 3.03. The van der Waals surface area contributed by atoms with Gasteiger partial charge in [-0.05, 0) is 77.1 Å². The maximum Gasteiger partial charge on any atom is 0.410 e. The van der Waals surface area contributed by atoms with E-state index >= 15 is 0 Å². The number of anilines is 2. The average Bonchev–Trinajstić information content (AvgIpc) is 2.68. The zero-order chi connectivity index (χ0) is 20.1. The highest BCUT2D eigenvalue weighted by Gasteiger charge is 2.30. The zero-order valence-corrected chi connectivity index (χ0v) is 17.4. The SMILES string of the molecule is CC(C)(C)OC(=O)N1CCC(C(=O)Nc2ccc(N3CCCCC3)cc2)CC1. The molecule has 6 heteroatoms. The van der Waals surface area contributed by atoms with Gasteiger partial charge in [-0.3, -0.25) is 4.79 Å². The van der Waals surface area contributed by atoms with Crippen molar-refractivity contribution in [3.63, 3.8) is 0 Å². The van der Waals surface area contributed by atoms with E-state index in [2.05, 4.69) is 22.3 Å². The first-order valence-corrected chi connectivity index (χ1v) is 10.5. The first-order chi connectivity index (χ1) is 13.3. The third-order valence-corrected chi connectivity index (χ3v) is 5.37. The number of hydrogen-bond donors (Lipinski definition) is 1. The highest BCUT2D eigenvalue weighted by molar-refractivity contribution is 5.92. The second kappa shape index (κ2) is 8.84. The maximum atomic E-state index is 12.6. The van der Waals surface area contributed by atoms with Crippen LogP contribution in [0, 0.1) is 5.92 Å². The summed E-state index contributed by atoms with van der Waals surface area (Å²) in [5.74, 6) is -0.0324. The number of rotatable bonds is 3. The molecule has 0 radical (unpaired) electrons. The zero-order valence-electron chi connectivity index (χ0n) is 17.4. The number of hydrogen-bond acceptors (Lipinski definition) is 4. The molecule has 0 aromatic heterocycles. The summed E-state index contributed by atoms with van der Waals surface area (Å²) < 4.78 is 5.41. The van der Waals surface area contributed by atoms with Gasteiger partial charge in [0.25, 0.3) is 0 Å². The number of nitrogens with one attached hydrogen (secondary N) is 1. The van der Waals surface area contributed by atoms with Gasteiger partial charge in [-0.1, -0.05) is 0 Å². The van der Waals surface area contributed by atoms with Gasteiger partial charge in [0.05, 0.1) is 0 Å². The Morgan fingerprint density at radius 2 is 1.57 bits per heavy atom. The highest BCUT2D eigenvalue weighted by atomic mass is 16.6. The molecule has 0 bridgehead atoms. The Hall–Kier alpha value is -2.24. The van der Waals surface area contributed by atoms with Crippen LogP contribution < -0.4 is 10.2 Å². The van der Waals surface area contributed by atoms with Gasteiger partial charge in [-0.15, -0.1) is 0 Å². The lowest BCUT2D eigenvalue weighted by Crippen LogP contribution is -2.43. The first kappa shape index (κ1) is 20.5. The van der Waals surface area contributed by atoms with Gasteiger partial charge >= 0.3 is 6.09 Å². The third kappa shape index (κ3) is 5.63. The van der Waals surface area contributed by atoms with Crippen molar-refractivity contribution in [2.24, 2.45) is 5.92 Å². The molecule has 0 spiro atoms. The fraction of sp³-hybridized carbons (Fsp3) is 0.636. The van der Waals surface area contributed by atoms with E-state index in [1.807, 2.05) is 32.9 Å². The lowest BCUT2D eigenvalue weighted by atomic mass is 9.96. The molecular formula is C22H33N3O3. The molecule has 2 aliphatic rings. The second-order valence-corrected chi connectivity index (χ2v) is 8.83. The Labute approximate surface area is 168 Å². The number of amides is 2.